The first-order valence-electron chi connectivity index (χ1n) is 6.74. The van der Waals surface area contributed by atoms with Gasteiger partial charge in [0.1, 0.15) is 11.6 Å². The van der Waals surface area contributed by atoms with Gasteiger partial charge in [-0.2, -0.15) is 0 Å². The number of hydrogen-bond donors (Lipinski definition) is 1. The highest BCUT2D eigenvalue weighted by molar-refractivity contribution is 5.83. The van der Waals surface area contributed by atoms with Crippen LogP contribution in [-0.4, -0.2) is 5.11 Å². The van der Waals surface area contributed by atoms with Crippen molar-refractivity contribution in [3.05, 3.63) is 83.4 Å². The molecule has 1 unspecified atom stereocenters. The van der Waals surface area contributed by atoms with Crippen LogP contribution in [0.4, 0.5) is 8.78 Å². The molecule has 0 aliphatic carbocycles. The van der Waals surface area contributed by atoms with Gasteiger partial charge in [0.15, 0.2) is 0 Å². The molecule has 1 atom stereocenters. The summed E-state index contributed by atoms with van der Waals surface area (Å²) >= 11 is 0. The first-order chi connectivity index (χ1) is 10.1. The van der Waals surface area contributed by atoms with E-state index in [9.17, 15) is 13.9 Å². The molecule has 0 fully saturated rings. The Morgan fingerprint density at radius 2 is 1.62 bits per heavy atom. The van der Waals surface area contributed by atoms with Crippen LogP contribution in [0, 0.1) is 11.6 Å². The van der Waals surface area contributed by atoms with Crippen molar-refractivity contribution in [3.63, 3.8) is 0 Å². The van der Waals surface area contributed by atoms with E-state index in [0.29, 0.717) is 5.56 Å². The Balaban J connectivity index is 1.87. The number of fused-ring (bicyclic) bond motifs is 1. The Morgan fingerprint density at radius 3 is 2.38 bits per heavy atom. The van der Waals surface area contributed by atoms with Gasteiger partial charge in [-0.25, -0.2) is 8.78 Å². The molecule has 3 heteroatoms. The minimum absolute atomic E-state index is 0.116. The van der Waals surface area contributed by atoms with Gasteiger partial charge in [0.2, 0.25) is 0 Å². The standard InChI is InChI=1S/C18H14F2O/c19-16-8-7-14(17(20)11-16)10-18(21)15-6-5-12-3-1-2-4-13(12)9-15/h1-9,11,18,21H,10H2. The first kappa shape index (κ1) is 13.7. The van der Waals surface area contributed by atoms with Gasteiger partial charge in [-0.15, -0.1) is 0 Å². The monoisotopic (exact) mass is 284 g/mol. The maximum atomic E-state index is 13.6. The third-order valence-corrected chi connectivity index (χ3v) is 3.59. The lowest BCUT2D eigenvalue weighted by Crippen LogP contribution is -2.04. The highest BCUT2D eigenvalue weighted by Crippen LogP contribution is 2.24. The first-order valence-corrected chi connectivity index (χ1v) is 6.74. The van der Waals surface area contributed by atoms with Gasteiger partial charge in [0.25, 0.3) is 0 Å². The molecule has 0 spiro atoms. The Morgan fingerprint density at radius 1 is 0.857 bits per heavy atom. The van der Waals surface area contributed by atoms with Crippen LogP contribution in [0.2, 0.25) is 0 Å². The van der Waals surface area contributed by atoms with Crippen LogP contribution in [0.1, 0.15) is 17.2 Å². The maximum absolute atomic E-state index is 13.6. The number of rotatable bonds is 3. The average Bonchev–Trinajstić information content (AvgIpc) is 2.49. The Labute approximate surface area is 121 Å². The molecule has 0 bridgehead atoms. The van der Waals surface area contributed by atoms with Crippen LogP contribution in [0.3, 0.4) is 0 Å². The van der Waals surface area contributed by atoms with Crippen molar-refractivity contribution < 1.29 is 13.9 Å². The third kappa shape index (κ3) is 2.93. The number of aliphatic hydroxyl groups excluding tert-OH is 1. The van der Waals surface area contributed by atoms with E-state index in [1.807, 2.05) is 42.5 Å². The molecule has 0 radical (unpaired) electrons. The van der Waals surface area contributed by atoms with E-state index in [-0.39, 0.29) is 6.42 Å². The van der Waals surface area contributed by atoms with Crippen molar-refractivity contribution in [2.45, 2.75) is 12.5 Å². The van der Waals surface area contributed by atoms with E-state index in [1.165, 1.54) is 12.1 Å². The van der Waals surface area contributed by atoms with Crippen LogP contribution in [-0.2, 0) is 6.42 Å². The molecule has 3 rings (SSSR count). The minimum atomic E-state index is -0.824. The lowest BCUT2D eigenvalue weighted by Gasteiger charge is -2.12. The molecule has 106 valence electrons. The highest BCUT2D eigenvalue weighted by Gasteiger charge is 2.12. The third-order valence-electron chi connectivity index (χ3n) is 3.59. The SMILES string of the molecule is OC(Cc1ccc(F)cc1F)c1ccc2ccccc2c1. The van der Waals surface area contributed by atoms with Crippen LogP contribution in [0.5, 0.6) is 0 Å². The van der Waals surface area contributed by atoms with Crippen LogP contribution >= 0.6 is 0 Å². The molecule has 0 saturated heterocycles. The van der Waals surface area contributed by atoms with Gasteiger partial charge in [-0.05, 0) is 34.0 Å². The fourth-order valence-electron chi connectivity index (χ4n) is 2.43. The van der Waals surface area contributed by atoms with Crippen LogP contribution in [0.25, 0.3) is 10.8 Å². The molecule has 1 nitrogen and oxygen atoms in total. The summed E-state index contributed by atoms with van der Waals surface area (Å²) in [7, 11) is 0. The van der Waals surface area contributed by atoms with E-state index in [4.69, 9.17) is 0 Å². The second kappa shape index (κ2) is 5.62. The lowest BCUT2D eigenvalue weighted by molar-refractivity contribution is 0.177. The molecule has 3 aromatic rings. The number of hydrogen-bond acceptors (Lipinski definition) is 1. The van der Waals surface area contributed by atoms with E-state index >= 15 is 0 Å². The summed E-state index contributed by atoms with van der Waals surface area (Å²) in [6, 6.07) is 16.9. The van der Waals surface area contributed by atoms with Gasteiger partial charge < -0.3 is 5.11 Å². The van der Waals surface area contributed by atoms with E-state index in [1.54, 1.807) is 0 Å². The average molecular weight is 284 g/mol. The molecular weight excluding hydrogens is 270 g/mol. The molecule has 21 heavy (non-hydrogen) atoms. The normalized spacial score (nSPS) is 12.5. The predicted octanol–water partition coefficient (Wildman–Crippen LogP) is 4.39. The van der Waals surface area contributed by atoms with Gasteiger partial charge in [-0.1, -0.05) is 42.5 Å². The van der Waals surface area contributed by atoms with Gasteiger partial charge in [0, 0.05) is 12.5 Å². The van der Waals surface area contributed by atoms with Crippen LogP contribution in [0.15, 0.2) is 60.7 Å². The van der Waals surface area contributed by atoms with E-state index in [0.717, 1.165) is 22.4 Å². The maximum Gasteiger partial charge on any atom is 0.129 e. The van der Waals surface area contributed by atoms with Crippen molar-refractivity contribution in [3.8, 4) is 0 Å². The summed E-state index contributed by atoms with van der Waals surface area (Å²) in [5.74, 6) is -1.24. The fourth-order valence-corrected chi connectivity index (χ4v) is 2.43. The molecule has 0 aliphatic heterocycles. The van der Waals surface area contributed by atoms with Gasteiger partial charge in [0.05, 0.1) is 6.10 Å². The lowest BCUT2D eigenvalue weighted by atomic mass is 9.98. The van der Waals surface area contributed by atoms with Crippen molar-refractivity contribution in [1.29, 1.82) is 0 Å². The molecular formula is C18H14F2O. The molecule has 0 amide bonds. The molecule has 0 saturated carbocycles. The summed E-state index contributed by atoms with van der Waals surface area (Å²) in [6.07, 6.45) is -0.709. The fraction of sp³-hybridized carbons (Fsp3) is 0.111. The number of halogens is 2. The molecule has 0 heterocycles. The predicted molar refractivity (Wildman–Crippen MR) is 79.0 cm³/mol. The summed E-state index contributed by atoms with van der Waals surface area (Å²) < 4.78 is 26.5. The summed E-state index contributed by atoms with van der Waals surface area (Å²) in [5, 5.41) is 12.4. The van der Waals surface area contributed by atoms with Crippen molar-refractivity contribution in [2.75, 3.05) is 0 Å². The summed E-state index contributed by atoms with van der Waals surface area (Å²) in [4.78, 5) is 0. The second-order valence-electron chi connectivity index (χ2n) is 5.06. The number of benzene rings is 3. The molecule has 1 N–H and O–H groups in total. The molecule has 0 aromatic heterocycles. The smallest absolute Gasteiger partial charge is 0.129 e. The summed E-state index contributed by atoms with van der Waals surface area (Å²) in [6.45, 7) is 0. The Kier molecular flexibility index (Phi) is 3.67. The molecule has 3 aromatic carbocycles. The summed E-state index contributed by atoms with van der Waals surface area (Å²) in [5.41, 5.74) is 1.02. The van der Waals surface area contributed by atoms with Gasteiger partial charge in [-0.3, -0.25) is 0 Å². The number of aliphatic hydroxyl groups is 1. The Hall–Kier alpha value is -2.26. The van der Waals surface area contributed by atoms with E-state index in [2.05, 4.69) is 0 Å². The zero-order valence-electron chi connectivity index (χ0n) is 11.3. The van der Waals surface area contributed by atoms with Crippen molar-refractivity contribution in [1.82, 2.24) is 0 Å². The molecule has 0 aliphatic rings. The quantitative estimate of drug-likeness (QED) is 0.756. The largest absolute Gasteiger partial charge is 0.388 e. The Bertz CT molecular complexity index is 783. The zero-order chi connectivity index (χ0) is 14.8. The zero-order valence-corrected chi connectivity index (χ0v) is 11.3. The van der Waals surface area contributed by atoms with Crippen molar-refractivity contribution in [2.24, 2.45) is 0 Å². The van der Waals surface area contributed by atoms with E-state index < -0.39 is 17.7 Å². The van der Waals surface area contributed by atoms with Crippen molar-refractivity contribution >= 4 is 10.8 Å². The topological polar surface area (TPSA) is 20.2 Å². The highest BCUT2D eigenvalue weighted by atomic mass is 19.1. The second-order valence-corrected chi connectivity index (χ2v) is 5.06. The minimum Gasteiger partial charge on any atom is -0.388 e. The van der Waals surface area contributed by atoms with Gasteiger partial charge >= 0.3 is 0 Å². The van der Waals surface area contributed by atoms with Crippen LogP contribution < -0.4 is 0 Å².